The van der Waals surface area contributed by atoms with Crippen LogP contribution in [0, 0.1) is 11.6 Å². The Kier molecular flexibility index (Phi) is 8.35. The first-order valence-electron chi connectivity index (χ1n) is 12.3. The zero-order chi connectivity index (χ0) is 26.4. The molecule has 1 saturated heterocycles. The SMILES string of the molecule is CN1CCCC1CCN(Cc1ccc(C(=O)Nc2ccccc2N)cc1)C(=O)Nc1ccc(F)c(F)c1. The summed E-state index contributed by atoms with van der Waals surface area (Å²) in [4.78, 5) is 29.7. The van der Waals surface area contributed by atoms with Crippen molar-refractivity contribution in [3.8, 4) is 0 Å². The van der Waals surface area contributed by atoms with Gasteiger partial charge in [-0.2, -0.15) is 0 Å². The largest absolute Gasteiger partial charge is 0.397 e. The summed E-state index contributed by atoms with van der Waals surface area (Å²) in [5.41, 5.74) is 8.38. The van der Waals surface area contributed by atoms with Crippen LogP contribution in [0.15, 0.2) is 66.7 Å². The molecule has 194 valence electrons. The number of nitrogens with one attached hydrogen (secondary N) is 2. The Bertz CT molecular complexity index is 1250. The molecular weight excluding hydrogens is 476 g/mol. The summed E-state index contributed by atoms with van der Waals surface area (Å²) in [6, 6.07) is 17.2. The predicted octanol–water partition coefficient (Wildman–Crippen LogP) is 5.32. The molecule has 1 heterocycles. The van der Waals surface area contributed by atoms with E-state index in [0.29, 0.717) is 36.1 Å². The lowest BCUT2D eigenvalue weighted by Crippen LogP contribution is -2.38. The third-order valence-electron chi connectivity index (χ3n) is 6.66. The molecule has 7 nitrogen and oxygen atoms in total. The van der Waals surface area contributed by atoms with Gasteiger partial charge < -0.3 is 26.2 Å². The molecule has 3 amide bonds. The van der Waals surface area contributed by atoms with E-state index < -0.39 is 17.7 Å². The van der Waals surface area contributed by atoms with Crippen molar-refractivity contribution in [3.05, 3.63) is 89.5 Å². The van der Waals surface area contributed by atoms with Gasteiger partial charge in [-0.1, -0.05) is 24.3 Å². The topological polar surface area (TPSA) is 90.7 Å². The molecular formula is C28H31F2N5O2. The van der Waals surface area contributed by atoms with E-state index in [9.17, 15) is 18.4 Å². The van der Waals surface area contributed by atoms with Crippen LogP contribution in [0.3, 0.4) is 0 Å². The zero-order valence-electron chi connectivity index (χ0n) is 20.7. The third kappa shape index (κ3) is 6.83. The summed E-state index contributed by atoms with van der Waals surface area (Å²) < 4.78 is 27.0. The van der Waals surface area contributed by atoms with E-state index in [-0.39, 0.29) is 11.6 Å². The van der Waals surface area contributed by atoms with Gasteiger partial charge in [-0.05, 0) is 74.8 Å². The van der Waals surface area contributed by atoms with Gasteiger partial charge in [-0.3, -0.25) is 4.79 Å². The lowest BCUT2D eigenvalue weighted by molar-refractivity contribution is 0.102. The van der Waals surface area contributed by atoms with Crippen LogP contribution >= 0.6 is 0 Å². The molecule has 0 radical (unpaired) electrons. The minimum atomic E-state index is -1.02. The Morgan fingerprint density at radius 1 is 1.03 bits per heavy atom. The van der Waals surface area contributed by atoms with Crippen molar-refractivity contribution in [1.82, 2.24) is 9.80 Å². The van der Waals surface area contributed by atoms with E-state index in [0.717, 1.165) is 43.5 Å². The molecule has 0 saturated carbocycles. The van der Waals surface area contributed by atoms with E-state index in [1.807, 2.05) is 0 Å². The average Bonchev–Trinajstić information content (AvgIpc) is 3.30. The van der Waals surface area contributed by atoms with Crippen LogP contribution < -0.4 is 16.4 Å². The van der Waals surface area contributed by atoms with Crippen LogP contribution in [-0.4, -0.2) is 47.9 Å². The molecule has 37 heavy (non-hydrogen) atoms. The van der Waals surface area contributed by atoms with E-state index in [1.54, 1.807) is 53.4 Å². The average molecular weight is 508 g/mol. The summed E-state index contributed by atoms with van der Waals surface area (Å²) in [7, 11) is 2.08. The second-order valence-electron chi connectivity index (χ2n) is 9.28. The van der Waals surface area contributed by atoms with Gasteiger partial charge in [0.05, 0.1) is 11.4 Å². The molecule has 3 aromatic rings. The van der Waals surface area contributed by atoms with Crippen molar-refractivity contribution in [2.75, 3.05) is 36.5 Å². The number of nitrogens with zero attached hydrogens (tertiary/aromatic N) is 2. The first-order valence-corrected chi connectivity index (χ1v) is 12.3. The molecule has 1 atom stereocenters. The number of para-hydroxylation sites is 2. The van der Waals surface area contributed by atoms with Gasteiger partial charge in [-0.25, -0.2) is 13.6 Å². The number of amides is 3. The molecule has 1 aliphatic heterocycles. The molecule has 0 spiro atoms. The van der Waals surface area contributed by atoms with Crippen molar-refractivity contribution in [3.63, 3.8) is 0 Å². The smallest absolute Gasteiger partial charge is 0.322 e. The summed E-state index contributed by atoms with van der Waals surface area (Å²) in [5.74, 6) is -2.29. The normalized spacial score (nSPS) is 15.4. The van der Waals surface area contributed by atoms with Crippen molar-refractivity contribution >= 4 is 29.0 Å². The maximum atomic E-state index is 13.7. The minimum absolute atomic E-state index is 0.180. The molecule has 4 N–H and O–H groups in total. The lowest BCUT2D eigenvalue weighted by Gasteiger charge is -2.27. The Labute approximate surface area is 215 Å². The molecule has 4 rings (SSSR count). The number of carbonyl (C=O) groups is 2. The summed E-state index contributed by atoms with van der Waals surface area (Å²) in [5, 5.41) is 5.47. The number of rotatable bonds is 8. The summed E-state index contributed by atoms with van der Waals surface area (Å²) in [6.07, 6.45) is 2.99. The number of hydrogen-bond acceptors (Lipinski definition) is 4. The summed E-state index contributed by atoms with van der Waals surface area (Å²) in [6.45, 7) is 1.81. The maximum absolute atomic E-state index is 13.7. The standard InChI is InChI=1S/C28H31F2N5O2/c1-34-15-4-5-22(34)14-16-35(28(37)32-21-12-13-23(29)24(30)17-21)18-19-8-10-20(11-9-19)27(36)33-26-7-3-2-6-25(26)31/h2-3,6-13,17,22H,4-5,14-16,18,31H2,1H3,(H,32,37)(H,33,36). The van der Waals surface area contributed by atoms with Crippen LogP contribution in [0.5, 0.6) is 0 Å². The molecule has 0 aliphatic carbocycles. The summed E-state index contributed by atoms with van der Waals surface area (Å²) >= 11 is 0. The quantitative estimate of drug-likeness (QED) is 0.360. The molecule has 1 aliphatic rings. The minimum Gasteiger partial charge on any atom is -0.397 e. The predicted molar refractivity (Wildman–Crippen MR) is 141 cm³/mol. The molecule has 1 fully saturated rings. The van der Waals surface area contributed by atoms with Gasteiger partial charge in [0, 0.05) is 36.4 Å². The van der Waals surface area contributed by atoms with Gasteiger partial charge in [0.2, 0.25) is 0 Å². The van der Waals surface area contributed by atoms with Crippen LogP contribution in [0.4, 0.5) is 30.6 Å². The fraction of sp³-hybridized carbons (Fsp3) is 0.286. The maximum Gasteiger partial charge on any atom is 0.322 e. The van der Waals surface area contributed by atoms with Crippen LogP contribution in [-0.2, 0) is 6.54 Å². The number of carbonyl (C=O) groups excluding carboxylic acids is 2. The van der Waals surface area contributed by atoms with Crippen LogP contribution in [0.1, 0.15) is 35.2 Å². The number of nitrogens with two attached hydrogens (primary N) is 1. The number of hydrogen-bond donors (Lipinski definition) is 3. The number of nitrogen functional groups attached to an aromatic ring is 1. The molecule has 1 unspecified atom stereocenters. The first-order chi connectivity index (χ1) is 17.8. The molecule has 3 aromatic carbocycles. The van der Waals surface area contributed by atoms with E-state index >= 15 is 0 Å². The Morgan fingerprint density at radius 3 is 2.46 bits per heavy atom. The number of benzene rings is 3. The number of likely N-dealkylation sites (tertiary alicyclic amines) is 1. The molecule has 0 aromatic heterocycles. The van der Waals surface area contributed by atoms with Crippen LogP contribution in [0.2, 0.25) is 0 Å². The second-order valence-corrected chi connectivity index (χ2v) is 9.28. The highest BCUT2D eigenvalue weighted by Crippen LogP contribution is 2.21. The van der Waals surface area contributed by atoms with E-state index in [1.165, 1.54) is 6.07 Å². The lowest BCUT2D eigenvalue weighted by atomic mass is 10.1. The third-order valence-corrected chi connectivity index (χ3v) is 6.66. The van der Waals surface area contributed by atoms with Gasteiger partial charge in [-0.15, -0.1) is 0 Å². The Hall–Kier alpha value is -3.98. The monoisotopic (exact) mass is 507 g/mol. The van der Waals surface area contributed by atoms with Crippen molar-refractivity contribution in [2.45, 2.75) is 31.8 Å². The Balaban J connectivity index is 1.44. The first kappa shape index (κ1) is 26.1. The number of halogens is 2. The van der Waals surface area contributed by atoms with Crippen molar-refractivity contribution < 1.29 is 18.4 Å². The van der Waals surface area contributed by atoms with Crippen LogP contribution in [0.25, 0.3) is 0 Å². The van der Waals surface area contributed by atoms with Gasteiger partial charge in [0.15, 0.2) is 11.6 Å². The molecule has 9 heteroatoms. The second kappa shape index (κ2) is 11.8. The van der Waals surface area contributed by atoms with Gasteiger partial charge >= 0.3 is 6.03 Å². The van der Waals surface area contributed by atoms with E-state index in [4.69, 9.17) is 5.73 Å². The highest BCUT2D eigenvalue weighted by atomic mass is 19.2. The Morgan fingerprint density at radius 2 is 1.78 bits per heavy atom. The van der Waals surface area contributed by atoms with Crippen molar-refractivity contribution in [2.24, 2.45) is 0 Å². The van der Waals surface area contributed by atoms with Gasteiger partial charge in [0.25, 0.3) is 5.91 Å². The fourth-order valence-corrected chi connectivity index (χ4v) is 4.46. The number of urea groups is 1. The highest BCUT2D eigenvalue weighted by Gasteiger charge is 2.23. The van der Waals surface area contributed by atoms with Crippen molar-refractivity contribution in [1.29, 1.82) is 0 Å². The highest BCUT2D eigenvalue weighted by molar-refractivity contribution is 6.05. The fourth-order valence-electron chi connectivity index (χ4n) is 4.46. The number of anilines is 3. The zero-order valence-corrected chi connectivity index (χ0v) is 20.7. The molecule has 0 bridgehead atoms. The van der Waals surface area contributed by atoms with Gasteiger partial charge in [0.1, 0.15) is 0 Å². The van der Waals surface area contributed by atoms with E-state index in [2.05, 4.69) is 22.6 Å².